The van der Waals surface area contributed by atoms with Crippen molar-refractivity contribution in [3.63, 3.8) is 0 Å². The molecular weight excluding hydrogens is 210 g/mol. The topological polar surface area (TPSA) is 43.8 Å². The molecule has 1 aliphatic heterocycles. The molecule has 0 spiro atoms. The van der Waals surface area contributed by atoms with Gasteiger partial charge in [0.1, 0.15) is 5.82 Å². The number of hydrogen-bond donors (Lipinski definition) is 1. The largest absolute Gasteiger partial charge is 0.335 e. The van der Waals surface area contributed by atoms with Crippen molar-refractivity contribution in [1.82, 2.24) is 9.55 Å². The van der Waals surface area contributed by atoms with Gasteiger partial charge in [-0.25, -0.2) is 4.98 Å². The lowest BCUT2D eigenvalue weighted by atomic mass is 9.72. The van der Waals surface area contributed by atoms with Gasteiger partial charge in [-0.3, -0.25) is 0 Å². The molecular formula is C14H23N3. The lowest BCUT2D eigenvalue weighted by Gasteiger charge is -2.34. The Bertz CT molecular complexity index is 365. The number of aryl methyl sites for hydroxylation is 2. The van der Waals surface area contributed by atoms with E-state index in [0.29, 0.717) is 0 Å². The molecule has 1 aromatic heterocycles. The van der Waals surface area contributed by atoms with Gasteiger partial charge in [0, 0.05) is 31.1 Å². The maximum absolute atomic E-state index is 6.08. The van der Waals surface area contributed by atoms with Crippen molar-refractivity contribution >= 4 is 0 Å². The SMILES string of the molecule is NCC1(c2cn3c(n2)CCCC3)CCCCC1. The summed E-state index contributed by atoms with van der Waals surface area (Å²) in [5, 5.41) is 0. The lowest BCUT2D eigenvalue weighted by molar-refractivity contribution is 0.294. The van der Waals surface area contributed by atoms with Crippen LogP contribution in [0.25, 0.3) is 0 Å². The highest BCUT2D eigenvalue weighted by molar-refractivity contribution is 5.19. The first-order valence-corrected chi connectivity index (χ1v) is 7.11. The normalized spacial score (nSPS) is 23.4. The van der Waals surface area contributed by atoms with E-state index in [0.717, 1.165) is 19.5 Å². The summed E-state index contributed by atoms with van der Waals surface area (Å²) in [7, 11) is 0. The molecule has 1 fully saturated rings. The van der Waals surface area contributed by atoms with Crippen LogP contribution < -0.4 is 5.73 Å². The zero-order valence-corrected chi connectivity index (χ0v) is 10.6. The molecule has 2 N–H and O–H groups in total. The molecule has 0 saturated heterocycles. The smallest absolute Gasteiger partial charge is 0.108 e. The first kappa shape index (κ1) is 11.3. The standard InChI is InChI=1S/C14H23N3/c15-11-14(7-3-1-4-8-14)12-10-17-9-5-2-6-13(17)16-12/h10H,1-9,11,15H2. The molecule has 0 unspecified atom stereocenters. The highest BCUT2D eigenvalue weighted by Gasteiger charge is 2.35. The van der Waals surface area contributed by atoms with E-state index in [1.807, 2.05) is 0 Å². The number of fused-ring (bicyclic) bond motifs is 1. The van der Waals surface area contributed by atoms with Crippen LogP contribution in [0.15, 0.2) is 6.20 Å². The third-order valence-corrected chi connectivity index (χ3v) is 4.65. The van der Waals surface area contributed by atoms with Gasteiger partial charge in [-0.1, -0.05) is 19.3 Å². The van der Waals surface area contributed by atoms with Crippen molar-refractivity contribution in [3.8, 4) is 0 Å². The predicted molar refractivity (Wildman–Crippen MR) is 69.0 cm³/mol. The van der Waals surface area contributed by atoms with Crippen LogP contribution in [0.3, 0.4) is 0 Å². The van der Waals surface area contributed by atoms with Gasteiger partial charge >= 0.3 is 0 Å². The first-order chi connectivity index (χ1) is 8.34. The summed E-state index contributed by atoms with van der Waals surface area (Å²) in [5.41, 5.74) is 7.56. The molecule has 0 atom stereocenters. The number of aromatic nitrogens is 2. The summed E-state index contributed by atoms with van der Waals surface area (Å²) in [6.45, 7) is 1.92. The average molecular weight is 233 g/mol. The number of hydrogen-bond acceptors (Lipinski definition) is 2. The molecule has 3 heteroatoms. The van der Waals surface area contributed by atoms with Gasteiger partial charge < -0.3 is 10.3 Å². The second-order valence-electron chi connectivity index (χ2n) is 5.74. The van der Waals surface area contributed by atoms with Gasteiger partial charge in [-0.05, 0) is 25.7 Å². The van der Waals surface area contributed by atoms with Crippen molar-refractivity contribution in [2.45, 2.75) is 63.3 Å². The van der Waals surface area contributed by atoms with Crippen molar-refractivity contribution in [2.24, 2.45) is 5.73 Å². The van der Waals surface area contributed by atoms with Crippen LogP contribution in [0.2, 0.25) is 0 Å². The van der Waals surface area contributed by atoms with Gasteiger partial charge in [-0.2, -0.15) is 0 Å². The van der Waals surface area contributed by atoms with Crippen LogP contribution in [0, 0.1) is 0 Å². The van der Waals surface area contributed by atoms with E-state index in [1.165, 1.54) is 56.5 Å². The minimum atomic E-state index is 0.197. The Balaban J connectivity index is 1.93. The quantitative estimate of drug-likeness (QED) is 0.852. The molecule has 1 saturated carbocycles. The first-order valence-electron chi connectivity index (χ1n) is 7.11. The van der Waals surface area contributed by atoms with E-state index in [4.69, 9.17) is 10.7 Å². The van der Waals surface area contributed by atoms with E-state index in [9.17, 15) is 0 Å². The van der Waals surface area contributed by atoms with E-state index >= 15 is 0 Å². The molecule has 0 radical (unpaired) electrons. The van der Waals surface area contributed by atoms with E-state index in [1.54, 1.807) is 0 Å². The lowest BCUT2D eigenvalue weighted by Crippen LogP contribution is -2.37. The Morgan fingerprint density at radius 3 is 2.71 bits per heavy atom. The van der Waals surface area contributed by atoms with Crippen LogP contribution in [-0.4, -0.2) is 16.1 Å². The summed E-state index contributed by atoms with van der Waals surface area (Å²) in [6.07, 6.45) is 12.5. The summed E-state index contributed by atoms with van der Waals surface area (Å²) in [5.74, 6) is 1.30. The van der Waals surface area contributed by atoms with Crippen molar-refractivity contribution in [3.05, 3.63) is 17.7 Å². The molecule has 0 bridgehead atoms. The molecule has 3 rings (SSSR count). The monoisotopic (exact) mass is 233 g/mol. The minimum absolute atomic E-state index is 0.197. The Hall–Kier alpha value is -0.830. The highest BCUT2D eigenvalue weighted by Crippen LogP contribution is 2.38. The molecule has 1 aliphatic carbocycles. The van der Waals surface area contributed by atoms with Crippen LogP contribution in [-0.2, 0) is 18.4 Å². The second kappa shape index (κ2) is 4.45. The molecule has 94 valence electrons. The fourth-order valence-corrected chi connectivity index (χ4v) is 3.46. The van der Waals surface area contributed by atoms with Gasteiger partial charge in [-0.15, -0.1) is 0 Å². The minimum Gasteiger partial charge on any atom is -0.335 e. The van der Waals surface area contributed by atoms with Crippen LogP contribution >= 0.6 is 0 Å². The Labute approximate surface area is 103 Å². The molecule has 0 amide bonds. The molecule has 2 aliphatic rings. The van der Waals surface area contributed by atoms with Crippen LogP contribution in [0.5, 0.6) is 0 Å². The van der Waals surface area contributed by atoms with Gasteiger partial charge in [0.25, 0.3) is 0 Å². The molecule has 3 nitrogen and oxygen atoms in total. The summed E-state index contributed by atoms with van der Waals surface area (Å²) >= 11 is 0. The van der Waals surface area contributed by atoms with Crippen molar-refractivity contribution in [1.29, 1.82) is 0 Å². The zero-order valence-electron chi connectivity index (χ0n) is 10.6. The fourth-order valence-electron chi connectivity index (χ4n) is 3.46. The van der Waals surface area contributed by atoms with Crippen LogP contribution in [0.4, 0.5) is 0 Å². The third kappa shape index (κ3) is 1.90. The third-order valence-electron chi connectivity index (χ3n) is 4.65. The van der Waals surface area contributed by atoms with E-state index in [-0.39, 0.29) is 5.41 Å². The highest BCUT2D eigenvalue weighted by atomic mass is 15.1. The summed E-state index contributed by atoms with van der Waals surface area (Å²) < 4.78 is 2.37. The zero-order chi connectivity index (χ0) is 11.7. The van der Waals surface area contributed by atoms with Crippen LogP contribution in [0.1, 0.15) is 56.5 Å². The number of imidazole rings is 1. The number of nitrogens with zero attached hydrogens (tertiary/aromatic N) is 2. The van der Waals surface area contributed by atoms with Crippen molar-refractivity contribution in [2.75, 3.05) is 6.54 Å². The van der Waals surface area contributed by atoms with Gasteiger partial charge in [0.05, 0.1) is 5.69 Å². The van der Waals surface area contributed by atoms with Crippen molar-refractivity contribution < 1.29 is 0 Å². The Morgan fingerprint density at radius 2 is 2.00 bits per heavy atom. The summed E-state index contributed by atoms with van der Waals surface area (Å²) in [6, 6.07) is 0. The number of nitrogens with two attached hydrogens (primary N) is 1. The maximum Gasteiger partial charge on any atom is 0.108 e. The fraction of sp³-hybridized carbons (Fsp3) is 0.786. The van der Waals surface area contributed by atoms with Gasteiger partial charge in [0.2, 0.25) is 0 Å². The Morgan fingerprint density at radius 1 is 1.18 bits per heavy atom. The number of rotatable bonds is 2. The Kier molecular flexibility index (Phi) is 2.95. The molecule has 17 heavy (non-hydrogen) atoms. The van der Waals surface area contributed by atoms with E-state index < -0.39 is 0 Å². The van der Waals surface area contributed by atoms with E-state index in [2.05, 4.69) is 10.8 Å². The molecule has 1 aromatic rings. The second-order valence-corrected chi connectivity index (χ2v) is 5.74. The van der Waals surface area contributed by atoms with Gasteiger partial charge in [0.15, 0.2) is 0 Å². The average Bonchev–Trinajstić information content (AvgIpc) is 2.84. The molecule has 2 heterocycles. The maximum atomic E-state index is 6.08. The summed E-state index contributed by atoms with van der Waals surface area (Å²) in [4.78, 5) is 4.90. The predicted octanol–water partition coefficient (Wildman–Crippen LogP) is 2.38. The molecule has 0 aromatic carbocycles.